The highest BCUT2D eigenvalue weighted by Crippen LogP contribution is 2.26. The van der Waals surface area contributed by atoms with Crippen molar-refractivity contribution < 1.29 is 23.0 Å². The van der Waals surface area contributed by atoms with E-state index < -0.39 is 18.6 Å². The zero-order valence-corrected chi connectivity index (χ0v) is 12.9. The molecule has 0 fully saturated rings. The Hall–Kier alpha value is -2.34. The standard InChI is InChI=1S/C16H14ClF2NO3/c1-10(22-12-8-6-11(17)7-9-12)15(21)20-13-4-2-3-5-14(13)23-16(18)19/h2-10,16H,1H3,(H,20,21)/t10-/m0/s1. The Morgan fingerprint density at radius 3 is 2.39 bits per heavy atom. The Morgan fingerprint density at radius 2 is 1.74 bits per heavy atom. The number of anilines is 1. The molecular formula is C16H14ClF2NO3. The van der Waals surface area contributed by atoms with Gasteiger partial charge in [0.05, 0.1) is 5.69 Å². The van der Waals surface area contributed by atoms with Gasteiger partial charge in [0.25, 0.3) is 5.91 Å². The summed E-state index contributed by atoms with van der Waals surface area (Å²) in [6.07, 6.45) is -0.837. The second-order valence-electron chi connectivity index (χ2n) is 4.58. The molecular weight excluding hydrogens is 328 g/mol. The predicted octanol–water partition coefficient (Wildman–Crippen LogP) is 4.35. The SMILES string of the molecule is C[C@H](Oc1ccc(Cl)cc1)C(=O)Nc1ccccc1OC(F)F. The van der Waals surface area contributed by atoms with Crippen molar-refractivity contribution in [2.24, 2.45) is 0 Å². The first-order valence-corrected chi connectivity index (χ1v) is 7.10. The molecule has 0 aromatic heterocycles. The number of benzene rings is 2. The van der Waals surface area contributed by atoms with Gasteiger partial charge in [-0.3, -0.25) is 4.79 Å². The van der Waals surface area contributed by atoms with Crippen molar-refractivity contribution >= 4 is 23.2 Å². The molecule has 0 heterocycles. The second kappa shape index (κ2) is 7.78. The zero-order chi connectivity index (χ0) is 16.8. The van der Waals surface area contributed by atoms with E-state index >= 15 is 0 Å². The van der Waals surface area contributed by atoms with Crippen LogP contribution in [0.15, 0.2) is 48.5 Å². The van der Waals surface area contributed by atoms with Crippen LogP contribution in [0.1, 0.15) is 6.92 Å². The van der Waals surface area contributed by atoms with E-state index in [-0.39, 0.29) is 11.4 Å². The van der Waals surface area contributed by atoms with Gasteiger partial charge in [-0.1, -0.05) is 23.7 Å². The highest BCUT2D eigenvalue weighted by Gasteiger charge is 2.17. The van der Waals surface area contributed by atoms with E-state index in [9.17, 15) is 13.6 Å². The van der Waals surface area contributed by atoms with Gasteiger partial charge in [0.15, 0.2) is 6.10 Å². The summed E-state index contributed by atoms with van der Waals surface area (Å²) in [5.74, 6) is -0.144. The van der Waals surface area contributed by atoms with Gasteiger partial charge in [0.2, 0.25) is 0 Å². The van der Waals surface area contributed by atoms with E-state index in [1.165, 1.54) is 18.2 Å². The maximum absolute atomic E-state index is 12.3. The van der Waals surface area contributed by atoms with Gasteiger partial charge in [-0.05, 0) is 43.3 Å². The van der Waals surface area contributed by atoms with Gasteiger partial charge >= 0.3 is 6.61 Å². The monoisotopic (exact) mass is 341 g/mol. The Labute approximate surface area is 137 Å². The van der Waals surface area contributed by atoms with Gasteiger partial charge in [-0.2, -0.15) is 8.78 Å². The lowest BCUT2D eigenvalue weighted by molar-refractivity contribution is -0.122. The molecule has 7 heteroatoms. The number of amides is 1. The highest BCUT2D eigenvalue weighted by atomic mass is 35.5. The molecule has 2 rings (SSSR count). The predicted molar refractivity (Wildman–Crippen MR) is 83.2 cm³/mol. The molecule has 1 atom stereocenters. The molecule has 0 aliphatic rings. The van der Waals surface area contributed by atoms with Crippen molar-refractivity contribution in [1.82, 2.24) is 0 Å². The van der Waals surface area contributed by atoms with Crippen molar-refractivity contribution in [2.45, 2.75) is 19.6 Å². The number of hydrogen-bond donors (Lipinski definition) is 1. The fourth-order valence-electron chi connectivity index (χ4n) is 1.77. The van der Waals surface area contributed by atoms with Crippen LogP contribution >= 0.6 is 11.6 Å². The molecule has 2 aromatic carbocycles. The lowest BCUT2D eigenvalue weighted by Crippen LogP contribution is -2.30. The summed E-state index contributed by atoms with van der Waals surface area (Å²) in [7, 11) is 0. The summed E-state index contributed by atoms with van der Waals surface area (Å²) in [5.41, 5.74) is 0.143. The van der Waals surface area contributed by atoms with Gasteiger partial charge in [-0.15, -0.1) is 0 Å². The summed E-state index contributed by atoms with van der Waals surface area (Å²) in [6.45, 7) is -1.43. The third-order valence-corrected chi connectivity index (χ3v) is 3.11. The van der Waals surface area contributed by atoms with Crippen LogP contribution in [0.25, 0.3) is 0 Å². The highest BCUT2D eigenvalue weighted by molar-refractivity contribution is 6.30. The smallest absolute Gasteiger partial charge is 0.387 e. The lowest BCUT2D eigenvalue weighted by atomic mass is 10.2. The molecule has 1 amide bonds. The van der Waals surface area contributed by atoms with E-state index in [1.54, 1.807) is 37.3 Å². The summed E-state index contributed by atoms with van der Waals surface area (Å²) < 4.78 is 34.5. The Kier molecular flexibility index (Phi) is 5.76. The van der Waals surface area contributed by atoms with Crippen LogP contribution in [-0.4, -0.2) is 18.6 Å². The molecule has 0 bridgehead atoms. The van der Waals surface area contributed by atoms with Crippen LogP contribution in [-0.2, 0) is 4.79 Å². The summed E-state index contributed by atoms with van der Waals surface area (Å²) >= 11 is 5.77. The number of ether oxygens (including phenoxy) is 2. The largest absolute Gasteiger partial charge is 0.481 e. The number of carbonyl (C=O) groups excluding carboxylic acids is 1. The molecule has 0 radical (unpaired) electrons. The van der Waals surface area contributed by atoms with Crippen LogP contribution in [0.2, 0.25) is 5.02 Å². The van der Waals surface area contributed by atoms with E-state index in [4.69, 9.17) is 16.3 Å². The average Bonchev–Trinajstić information content (AvgIpc) is 2.51. The minimum Gasteiger partial charge on any atom is -0.481 e. The third-order valence-electron chi connectivity index (χ3n) is 2.86. The minimum atomic E-state index is -2.98. The lowest BCUT2D eigenvalue weighted by Gasteiger charge is -2.16. The van der Waals surface area contributed by atoms with Gasteiger partial charge in [0, 0.05) is 5.02 Å². The van der Waals surface area contributed by atoms with E-state index in [2.05, 4.69) is 10.1 Å². The third kappa shape index (κ3) is 5.10. The molecule has 0 saturated carbocycles. The first kappa shape index (κ1) is 17.0. The molecule has 0 aliphatic carbocycles. The maximum Gasteiger partial charge on any atom is 0.387 e. The number of para-hydroxylation sites is 2. The molecule has 2 aromatic rings. The van der Waals surface area contributed by atoms with Crippen LogP contribution < -0.4 is 14.8 Å². The first-order valence-electron chi connectivity index (χ1n) is 6.72. The van der Waals surface area contributed by atoms with Crippen LogP contribution in [0.4, 0.5) is 14.5 Å². The molecule has 4 nitrogen and oxygen atoms in total. The maximum atomic E-state index is 12.3. The Morgan fingerprint density at radius 1 is 1.09 bits per heavy atom. The zero-order valence-electron chi connectivity index (χ0n) is 12.1. The quantitative estimate of drug-likeness (QED) is 0.849. The average molecular weight is 342 g/mol. The van der Waals surface area contributed by atoms with Crippen molar-refractivity contribution in [3.8, 4) is 11.5 Å². The molecule has 0 spiro atoms. The number of hydrogen-bond acceptors (Lipinski definition) is 3. The van der Waals surface area contributed by atoms with Crippen LogP contribution in [0, 0.1) is 0 Å². The Balaban J connectivity index is 2.02. The number of rotatable bonds is 6. The number of alkyl halides is 2. The number of halogens is 3. The molecule has 122 valence electrons. The Bertz CT molecular complexity index is 665. The fourth-order valence-corrected chi connectivity index (χ4v) is 1.90. The van der Waals surface area contributed by atoms with Gasteiger partial charge in [-0.25, -0.2) is 0 Å². The summed E-state index contributed by atoms with van der Waals surface area (Å²) in [4.78, 5) is 12.1. The normalized spacial score (nSPS) is 11.9. The number of nitrogens with one attached hydrogen (secondary N) is 1. The molecule has 23 heavy (non-hydrogen) atoms. The van der Waals surface area contributed by atoms with Crippen LogP contribution in [0.3, 0.4) is 0 Å². The van der Waals surface area contributed by atoms with Gasteiger partial charge < -0.3 is 14.8 Å². The van der Waals surface area contributed by atoms with Crippen LogP contribution in [0.5, 0.6) is 11.5 Å². The molecule has 0 unspecified atom stereocenters. The van der Waals surface area contributed by atoms with Crippen molar-refractivity contribution in [2.75, 3.05) is 5.32 Å². The fraction of sp³-hybridized carbons (Fsp3) is 0.188. The van der Waals surface area contributed by atoms with Crippen molar-refractivity contribution in [1.29, 1.82) is 0 Å². The topological polar surface area (TPSA) is 47.6 Å². The van der Waals surface area contributed by atoms with E-state index in [0.29, 0.717) is 10.8 Å². The summed E-state index contributed by atoms with van der Waals surface area (Å²) in [5, 5.41) is 3.05. The van der Waals surface area contributed by atoms with E-state index in [0.717, 1.165) is 0 Å². The number of carbonyl (C=O) groups is 1. The van der Waals surface area contributed by atoms with Crippen molar-refractivity contribution in [3.63, 3.8) is 0 Å². The minimum absolute atomic E-state index is 0.116. The molecule has 0 saturated heterocycles. The van der Waals surface area contributed by atoms with Gasteiger partial charge in [0.1, 0.15) is 11.5 Å². The summed E-state index contributed by atoms with van der Waals surface area (Å²) in [6, 6.07) is 12.4. The first-order chi connectivity index (χ1) is 11.0. The van der Waals surface area contributed by atoms with Crippen molar-refractivity contribution in [3.05, 3.63) is 53.6 Å². The van der Waals surface area contributed by atoms with E-state index in [1.807, 2.05) is 0 Å². The second-order valence-corrected chi connectivity index (χ2v) is 5.01. The molecule has 1 N–H and O–H groups in total. The molecule has 0 aliphatic heterocycles.